The van der Waals surface area contributed by atoms with Crippen molar-refractivity contribution < 1.29 is 9.90 Å². The third kappa shape index (κ3) is 4.12. The molecule has 0 radical (unpaired) electrons. The molecule has 1 saturated heterocycles. The molecule has 1 unspecified atom stereocenters. The summed E-state index contributed by atoms with van der Waals surface area (Å²) in [5.74, 6) is 0.594. The van der Waals surface area contributed by atoms with Crippen LogP contribution in [0.4, 0.5) is 0 Å². The number of rotatable bonds is 6. The van der Waals surface area contributed by atoms with Crippen LogP contribution in [0, 0.1) is 11.8 Å². The smallest absolute Gasteiger partial charge is 0.354 e. The van der Waals surface area contributed by atoms with Gasteiger partial charge in [-0.15, -0.1) is 0 Å². The van der Waals surface area contributed by atoms with Gasteiger partial charge in [0.1, 0.15) is 5.69 Å². The lowest BCUT2D eigenvalue weighted by molar-refractivity contribution is 0.0687. The van der Waals surface area contributed by atoms with Crippen molar-refractivity contribution in [3.05, 3.63) is 17.5 Å². The van der Waals surface area contributed by atoms with Crippen LogP contribution in [-0.4, -0.2) is 63.3 Å². The van der Waals surface area contributed by atoms with Gasteiger partial charge in [0.15, 0.2) is 0 Å². The van der Waals surface area contributed by atoms with Crippen LogP contribution < -0.4 is 0 Å². The molecular formula is C17H28N4O2. The fourth-order valence-electron chi connectivity index (χ4n) is 3.63. The van der Waals surface area contributed by atoms with Gasteiger partial charge in [0, 0.05) is 31.2 Å². The number of carboxylic acid groups (broad SMARTS) is 1. The van der Waals surface area contributed by atoms with Crippen LogP contribution in [0.3, 0.4) is 0 Å². The third-order valence-electron chi connectivity index (χ3n) is 5.12. The number of aromatic carboxylic acids is 1. The number of aromatic amines is 1. The second-order valence-corrected chi connectivity index (χ2v) is 7.41. The standard InChI is InChI=1S/C17H28N4O2/c1-12(2)15-11-20(6-3-7-21(15)9-13-4-5-13)10-14-8-18-19-16(14)17(22)23/h8,12-13,15H,3-7,9-11H2,1-2H3,(H,18,19)(H,22,23). The maximum absolute atomic E-state index is 11.2. The van der Waals surface area contributed by atoms with Crippen LogP contribution in [0.1, 0.15) is 49.2 Å². The van der Waals surface area contributed by atoms with Crippen molar-refractivity contribution in [1.82, 2.24) is 20.0 Å². The lowest BCUT2D eigenvalue weighted by atomic mass is 10.0. The molecule has 0 spiro atoms. The molecule has 2 aliphatic rings. The number of hydrogen-bond acceptors (Lipinski definition) is 4. The van der Waals surface area contributed by atoms with E-state index in [-0.39, 0.29) is 5.69 Å². The summed E-state index contributed by atoms with van der Waals surface area (Å²) in [6.07, 6.45) is 5.58. The van der Waals surface area contributed by atoms with Gasteiger partial charge in [-0.05, 0) is 44.2 Å². The molecule has 1 aromatic heterocycles. The van der Waals surface area contributed by atoms with Gasteiger partial charge < -0.3 is 5.11 Å². The fourth-order valence-corrected chi connectivity index (χ4v) is 3.63. The first-order chi connectivity index (χ1) is 11.0. The van der Waals surface area contributed by atoms with Crippen molar-refractivity contribution in [2.24, 2.45) is 11.8 Å². The Labute approximate surface area is 137 Å². The van der Waals surface area contributed by atoms with Gasteiger partial charge in [0.25, 0.3) is 0 Å². The van der Waals surface area contributed by atoms with E-state index >= 15 is 0 Å². The number of nitrogens with one attached hydrogen (secondary N) is 1. The molecule has 3 rings (SSSR count). The molecule has 1 aromatic rings. The number of carboxylic acids is 1. The van der Waals surface area contributed by atoms with Crippen LogP contribution in [0.5, 0.6) is 0 Å². The topological polar surface area (TPSA) is 72.5 Å². The van der Waals surface area contributed by atoms with Crippen molar-refractivity contribution in [2.45, 2.75) is 45.7 Å². The molecule has 1 atom stereocenters. The van der Waals surface area contributed by atoms with Crippen molar-refractivity contribution >= 4 is 5.97 Å². The lowest BCUT2D eigenvalue weighted by Gasteiger charge is -2.34. The first kappa shape index (κ1) is 16.5. The molecule has 2 fully saturated rings. The Morgan fingerprint density at radius 3 is 2.87 bits per heavy atom. The molecular weight excluding hydrogens is 292 g/mol. The van der Waals surface area contributed by atoms with Crippen molar-refractivity contribution in [3.8, 4) is 0 Å². The molecule has 0 aromatic carbocycles. The molecule has 23 heavy (non-hydrogen) atoms. The van der Waals surface area contributed by atoms with E-state index in [2.05, 4.69) is 33.8 Å². The number of nitrogens with zero attached hydrogens (tertiary/aromatic N) is 3. The summed E-state index contributed by atoms with van der Waals surface area (Å²) in [5.41, 5.74) is 1.01. The SMILES string of the molecule is CC(C)C1CN(Cc2cn[nH]c2C(=O)O)CCCN1CC1CC1. The largest absolute Gasteiger partial charge is 0.477 e. The second-order valence-electron chi connectivity index (χ2n) is 7.41. The first-order valence-corrected chi connectivity index (χ1v) is 8.76. The highest BCUT2D eigenvalue weighted by molar-refractivity contribution is 5.86. The highest BCUT2D eigenvalue weighted by Gasteiger charge is 2.32. The van der Waals surface area contributed by atoms with Crippen LogP contribution >= 0.6 is 0 Å². The van der Waals surface area contributed by atoms with Gasteiger partial charge in [-0.2, -0.15) is 5.10 Å². The highest BCUT2D eigenvalue weighted by Crippen LogP contribution is 2.32. The number of hydrogen-bond donors (Lipinski definition) is 2. The van der Waals surface area contributed by atoms with Crippen LogP contribution in [0.15, 0.2) is 6.20 Å². The van der Waals surface area contributed by atoms with Crippen molar-refractivity contribution in [2.75, 3.05) is 26.2 Å². The Kier molecular flexibility index (Phi) is 5.02. The van der Waals surface area contributed by atoms with Crippen LogP contribution in [-0.2, 0) is 6.54 Å². The molecule has 6 heteroatoms. The Balaban J connectivity index is 1.68. The van der Waals surface area contributed by atoms with Gasteiger partial charge in [-0.3, -0.25) is 14.9 Å². The summed E-state index contributed by atoms with van der Waals surface area (Å²) in [4.78, 5) is 16.3. The summed E-state index contributed by atoms with van der Waals surface area (Å²) in [7, 11) is 0. The maximum Gasteiger partial charge on any atom is 0.354 e. The average Bonchev–Trinajstić information content (AvgIpc) is 3.22. The number of carbonyl (C=O) groups is 1. The summed E-state index contributed by atoms with van der Waals surface area (Å²) >= 11 is 0. The Morgan fingerprint density at radius 2 is 2.22 bits per heavy atom. The fraction of sp³-hybridized carbons (Fsp3) is 0.765. The summed E-state index contributed by atoms with van der Waals surface area (Å²) < 4.78 is 0. The highest BCUT2D eigenvalue weighted by atomic mass is 16.4. The van der Waals surface area contributed by atoms with E-state index in [1.54, 1.807) is 6.20 Å². The quantitative estimate of drug-likeness (QED) is 0.839. The molecule has 0 bridgehead atoms. The van der Waals surface area contributed by atoms with E-state index < -0.39 is 5.97 Å². The monoisotopic (exact) mass is 320 g/mol. The zero-order valence-electron chi connectivity index (χ0n) is 14.2. The maximum atomic E-state index is 11.2. The molecule has 128 valence electrons. The summed E-state index contributed by atoms with van der Waals surface area (Å²) in [6, 6.07) is 0.554. The van der Waals surface area contributed by atoms with Gasteiger partial charge >= 0.3 is 5.97 Å². The van der Waals surface area contributed by atoms with Crippen LogP contribution in [0.25, 0.3) is 0 Å². The average molecular weight is 320 g/mol. The van der Waals surface area contributed by atoms with E-state index in [9.17, 15) is 9.90 Å². The minimum absolute atomic E-state index is 0.227. The molecule has 6 nitrogen and oxygen atoms in total. The first-order valence-electron chi connectivity index (χ1n) is 8.76. The zero-order valence-corrected chi connectivity index (χ0v) is 14.2. The van der Waals surface area contributed by atoms with Crippen molar-refractivity contribution in [1.29, 1.82) is 0 Å². The van der Waals surface area contributed by atoms with Crippen molar-refractivity contribution in [3.63, 3.8) is 0 Å². The van der Waals surface area contributed by atoms with E-state index in [0.717, 1.165) is 37.5 Å². The van der Waals surface area contributed by atoms with E-state index in [1.807, 2.05) is 0 Å². The molecule has 2 heterocycles. The minimum atomic E-state index is -0.928. The normalized spacial score (nSPS) is 24.0. The molecule has 2 N–H and O–H groups in total. The third-order valence-corrected chi connectivity index (χ3v) is 5.12. The van der Waals surface area contributed by atoms with Crippen LogP contribution in [0.2, 0.25) is 0 Å². The zero-order chi connectivity index (χ0) is 16.4. The molecule has 1 saturated carbocycles. The second kappa shape index (κ2) is 7.01. The number of H-pyrrole nitrogens is 1. The molecule has 1 aliphatic heterocycles. The van der Waals surface area contributed by atoms with E-state index in [4.69, 9.17) is 0 Å². The Hall–Kier alpha value is -1.40. The van der Waals surface area contributed by atoms with E-state index in [0.29, 0.717) is 18.5 Å². The predicted molar refractivity (Wildman–Crippen MR) is 88.4 cm³/mol. The van der Waals surface area contributed by atoms with Gasteiger partial charge in [0.2, 0.25) is 0 Å². The summed E-state index contributed by atoms with van der Waals surface area (Å²) in [6.45, 7) is 9.70. The Bertz CT molecular complexity index is 538. The van der Waals surface area contributed by atoms with Gasteiger partial charge in [0.05, 0.1) is 6.20 Å². The lowest BCUT2D eigenvalue weighted by Crippen LogP contribution is -2.45. The Morgan fingerprint density at radius 1 is 1.43 bits per heavy atom. The number of aromatic nitrogens is 2. The summed E-state index contributed by atoms with van der Waals surface area (Å²) in [5, 5.41) is 15.7. The van der Waals surface area contributed by atoms with Gasteiger partial charge in [-0.1, -0.05) is 13.8 Å². The minimum Gasteiger partial charge on any atom is -0.477 e. The predicted octanol–water partition coefficient (Wildman–Crippen LogP) is 2.05. The molecule has 0 amide bonds. The van der Waals surface area contributed by atoms with Gasteiger partial charge in [-0.25, -0.2) is 4.79 Å². The van der Waals surface area contributed by atoms with E-state index in [1.165, 1.54) is 19.4 Å². The molecule has 1 aliphatic carbocycles.